The maximum atomic E-state index is 12.0. The molecule has 2 atom stereocenters. The second-order valence-corrected chi connectivity index (χ2v) is 6.01. The van der Waals surface area contributed by atoms with Gasteiger partial charge in [-0.1, -0.05) is 6.08 Å². The molecule has 0 unspecified atom stereocenters. The third-order valence-corrected chi connectivity index (χ3v) is 4.58. The lowest BCUT2D eigenvalue weighted by molar-refractivity contribution is 0.113. The molecule has 0 bridgehead atoms. The Morgan fingerprint density at radius 3 is 2.65 bits per heavy atom. The van der Waals surface area contributed by atoms with Crippen LogP contribution in [-0.2, 0) is 0 Å². The lowest BCUT2D eigenvalue weighted by Gasteiger charge is -2.38. The number of hydrogen-bond acceptors (Lipinski definition) is 3. The number of thiophene rings is 1. The molecule has 0 spiro atoms. The molecule has 2 amide bonds. The third kappa shape index (κ3) is 3.61. The quantitative estimate of drug-likeness (QED) is 0.866. The Morgan fingerprint density at radius 1 is 1.40 bits per heavy atom. The summed E-state index contributed by atoms with van der Waals surface area (Å²) in [5.74, 6) is 0. The number of carbonyl (C=O) groups excluding carboxylic acids is 1. The molecule has 2 rings (SSSR count). The van der Waals surface area contributed by atoms with Crippen LogP contribution >= 0.6 is 11.3 Å². The highest BCUT2D eigenvalue weighted by Gasteiger charge is 2.25. The van der Waals surface area contributed by atoms with Crippen LogP contribution in [0.4, 0.5) is 4.79 Å². The standard InChI is InChI=1S/C15H23N3OS/c1-4-12(2)16-15(19)18-8-6-17(7-9-18)13(3)14-5-10-20-11-14/h4-5,10-13H,1,6-9H2,2-3H3,(H,16,19)/t12-,13+/m0/s1. The molecule has 0 saturated carbocycles. The van der Waals surface area contributed by atoms with Gasteiger partial charge in [0.15, 0.2) is 0 Å². The van der Waals surface area contributed by atoms with Gasteiger partial charge in [-0.05, 0) is 36.2 Å². The van der Waals surface area contributed by atoms with Crippen LogP contribution in [0.5, 0.6) is 0 Å². The number of rotatable bonds is 4. The van der Waals surface area contributed by atoms with Crippen LogP contribution in [0.2, 0.25) is 0 Å². The SMILES string of the molecule is C=C[C@H](C)NC(=O)N1CCN([C@H](C)c2ccsc2)CC1. The Kier molecular flexibility index (Phi) is 5.20. The van der Waals surface area contributed by atoms with Crippen LogP contribution < -0.4 is 5.32 Å². The van der Waals surface area contributed by atoms with Crippen molar-refractivity contribution in [2.24, 2.45) is 0 Å². The number of nitrogens with zero attached hydrogens (tertiary/aromatic N) is 2. The maximum absolute atomic E-state index is 12.0. The van der Waals surface area contributed by atoms with Gasteiger partial charge in [0.1, 0.15) is 0 Å². The van der Waals surface area contributed by atoms with Crippen LogP contribution in [0.1, 0.15) is 25.5 Å². The van der Waals surface area contributed by atoms with Gasteiger partial charge >= 0.3 is 6.03 Å². The minimum absolute atomic E-state index is 0.0141. The number of carbonyl (C=O) groups is 1. The topological polar surface area (TPSA) is 35.6 Å². The summed E-state index contributed by atoms with van der Waals surface area (Å²) in [7, 11) is 0. The number of amides is 2. The molecule has 1 aromatic heterocycles. The molecule has 1 aliphatic heterocycles. The van der Waals surface area contributed by atoms with E-state index < -0.39 is 0 Å². The second kappa shape index (κ2) is 6.90. The first-order chi connectivity index (χ1) is 9.61. The molecule has 0 radical (unpaired) electrons. The summed E-state index contributed by atoms with van der Waals surface area (Å²) in [5.41, 5.74) is 1.37. The van der Waals surface area contributed by atoms with Crippen LogP contribution in [0.3, 0.4) is 0 Å². The Hall–Kier alpha value is -1.33. The molecule has 110 valence electrons. The molecule has 20 heavy (non-hydrogen) atoms. The van der Waals surface area contributed by atoms with Crippen molar-refractivity contribution in [2.75, 3.05) is 26.2 Å². The van der Waals surface area contributed by atoms with Crippen LogP contribution in [0, 0.1) is 0 Å². The minimum Gasteiger partial charge on any atom is -0.332 e. The molecule has 2 heterocycles. The van der Waals surface area contributed by atoms with E-state index in [1.807, 2.05) is 11.8 Å². The van der Waals surface area contributed by atoms with Gasteiger partial charge in [0.25, 0.3) is 0 Å². The predicted octanol–water partition coefficient (Wildman–Crippen LogP) is 2.71. The zero-order valence-corrected chi connectivity index (χ0v) is 13.0. The van der Waals surface area contributed by atoms with E-state index in [1.165, 1.54) is 5.56 Å². The summed E-state index contributed by atoms with van der Waals surface area (Å²) in [6, 6.07) is 2.64. The largest absolute Gasteiger partial charge is 0.332 e. The maximum Gasteiger partial charge on any atom is 0.317 e. The van der Waals surface area contributed by atoms with Crippen molar-refractivity contribution in [1.82, 2.24) is 15.1 Å². The van der Waals surface area contributed by atoms with Crippen molar-refractivity contribution >= 4 is 17.4 Å². The Labute approximate surface area is 125 Å². The number of hydrogen-bond donors (Lipinski definition) is 1. The van der Waals surface area contributed by atoms with Gasteiger partial charge in [-0.3, -0.25) is 4.90 Å². The molecule has 0 aliphatic carbocycles. The van der Waals surface area contributed by atoms with Crippen LogP contribution in [0.15, 0.2) is 29.5 Å². The highest BCUT2D eigenvalue weighted by atomic mass is 32.1. The number of piperazine rings is 1. The fourth-order valence-corrected chi connectivity index (χ4v) is 3.13. The summed E-state index contributed by atoms with van der Waals surface area (Å²) in [4.78, 5) is 16.3. The fraction of sp³-hybridized carbons (Fsp3) is 0.533. The smallest absolute Gasteiger partial charge is 0.317 e. The Bertz CT molecular complexity index is 438. The molecule has 1 aliphatic rings. The van der Waals surface area contributed by atoms with Crippen molar-refractivity contribution < 1.29 is 4.79 Å². The highest BCUT2D eigenvalue weighted by molar-refractivity contribution is 7.07. The van der Waals surface area contributed by atoms with Crippen LogP contribution in [-0.4, -0.2) is 48.1 Å². The van der Waals surface area contributed by atoms with Gasteiger partial charge in [-0.25, -0.2) is 4.79 Å². The number of urea groups is 1. The van der Waals surface area contributed by atoms with E-state index in [2.05, 4.69) is 40.5 Å². The van der Waals surface area contributed by atoms with Gasteiger partial charge in [0, 0.05) is 38.3 Å². The van der Waals surface area contributed by atoms with Crippen LogP contribution in [0.25, 0.3) is 0 Å². The second-order valence-electron chi connectivity index (χ2n) is 5.23. The molecule has 1 saturated heterocycles. The lowest BCUT2D eigenvalue weighted by atomic mass is 10.1. The van der Waals surface area contributed by atoms with Crippen molar-refractivity contribution in [1.29, 1.82) is 0 Å². The molecule has 1 aromatic rings. The van der Waals surface area contributed by atoms with Gasteiger partial charge in [0.05, 0.1) is 0 Å². The van der Waals surface area contributed by atoms with E-state index in [1.54, 1.807) is 17.4 Å². The minimum atomic E-state index is 0.0141. The summed E-state index contributed by atoms with van der Waals surface area (Å²) in [6.07, 6.45) is 1.74. The summed E-state index contributed by atoms with van der Waals surface area (Å²) in [5, 5.41) is 7.24. The summed E-state index contributed by atoms with van der Waals surface area (Å²) in [6.45, 7) is 11.3. The van der Waals surface area contributed by atoms with E-state index in [9.17, 15) is 4.79 Å². The first-order valence-electron chi connectivity index (χ1n) is 7.06. The van der Waals surface area contributed by atoms with E-state index in [-0.39, 0.29) is 12.1 Å². The predicted molar refractivity (Wildman–Crippen MR) is 84.1 cm³/mol. The molecule has 4 nitrogen and oxygen atoms in total. The zero-order chi connectivity index (χ0) is 14.5. The Balaban J connectivity index is 1.83. The molecule has 5 heteroatoms. The van der Waals surface area contributed by atoms with Crippen molar-refractivity contribution in [2.45, 2.75) is 25.9 Å². The van der Waals surface area contributed by atoms with E-state index in [0.717, 1.165) is 26.2 Å². The summed E-state index contributed by atoms with van der Waals surface area (Å²) >= 11 is 1.74. The lowest BCUT2D eigenvalue weighted by Crippen LogP contribution is -2.53. The molecular formula is C15H23N3OS. The van der Waals surface area contributed by atoms with E-state index in [4.69, 9.17) is 0 Å². The third-order valence-electron chi connectivity index (χ3n) is 3.88. The molecule has 1 fully saturated rings. The monoisotopic (exact) mass is 293 g/mol. The molecule has 1 N–H and O–H groups in total. The van der Waals surface area contributed by atoms with E-state index >= 15 is 0 Å². The van der Waals surface area contributed by atoms with Crippen molar-refractivity contribution in [3.63, 3.8) is 0 Å². The normalized spacial score (nSPS) is 19.4. The average molecular weight is 293 g/mol. The van der Waals surface area contributed by atoms with Gasteiger partial charge in [-0.2, -0.15) is 11.3 Å². The van der Waals surface area contributed by atoms with Crippen molar-refractivity contribution in [3.05, 3.63) is 35.0 Å². The molecule has 0 aromatic carbocycles. The van der Waals surface area contributed by atoms with Gasteiger partial charge in [-0.15, -0.1) is 6.58 Å². The number of nitrogens with one attached hydrogen (secondary N) is 1. The fourth-order valence-electron chi connectivity index (χ4n) is 2.38. The average Bonchev–Trinajstić information content (AvgIpc) is 3.00. The first-order valence-corrected chi connectivity index (χ1v) is 8.00. The Morgan fingerprint density at radius 2 is 2.10 bits per heavy atom. The zero-order valence-electron chi connectivity index (χ0n) is 12.2. The highest BCUT2D eigenvalue weighted by Crippen LogP contribution is 2.23. The summed E-state index contributed by atoms with van der Waals surface area (Å²) < 4.78 is 0. The molecular weight excluding hydrogens is 270 g/mol. The van der Waals surface area contributed by atoms with Gasteiger partial charge < -0.3 is 10.2 Å². The van der Waals surface area contributed by atoms with E-state index in [0.29, 0.717) is 6.04 Å². The van der Waals surface area contributed by atoms with Gasteiger partial charge in [0.2, 0.25) is 0 Å². The first kappa shape index (κ1) is 15.1. The van der Waals surface area contributed by atoms with Crippen molar-refractivity contribution in [3.8, 4) is 0 Å².